The van der Waals surface area contributed by atoms with Crippen LogP contribution in [0, 0.1) is 0 Å². The van der Waals surface area contributed by atoms with E-state index in [9.17, 15) is 9.59 Å². The maximum Gasteiger partial charge on any atom is 0.306 e. The predicted octanol–water partition coefficient (Wildman–Crippen LogP) is 17.6. The molecule has 60 heavy (non-hydrogen) atoms. The number of hydrogen-bond acceptors (Lipinski definition) is 5. The summed E-state index contributed by atoms with van der Waals surface area (Å²) < 4.78 is 17.4. The fourth-order valence-corrected chi connectivity index (χ4v) is 7.46. The Morgan fingerprint density at radius 3 is 1.22 bits per heavy atom. The van der Waals surface area contributed by atoms with E-state index in [1.807, 2.05) is 0 Å². The van der Waals surface area contributed by atoms with Crippen LogP contribution in [0.25, 0.3) is 0 Å². The monoisotopic (exact) mass is 841 g/mol. The van der Waals surface area contributed by atoms with E-state index in [-0.39, 0.29) is 25.2 Å². The number of allylic oxidation sites excluding steroid dienone is 8. The Labute approximate surface area is 373 Å². The van der Waals surface area contributed by atoms with E-state index < -0.39 is 6.10 Å². The molecule has 350 valence electrons. The number of ether oxygens (including phenoxy) is 3. The van der Waals surface area contributed by atoms with Crippen LogP contribution in [0.1, 0.15) is 265 Å². The van der Waals surface area contributed by atoms with Crippen molar-refractivity contribution in [2.75, 3.05) is 19.8 Å². The number of hydrogen-bond donors (Lipinski definition) is 0. The van der Waals surface area contributed by atoms with E-state index >= 15 is 0 Å². The van der Waals surface area contributed by atoms with Gasteiger partial charge in [0.05, 0.1) is 6.61 Å². The van der Waals surface area contributed by atoms with Crippen molar-refractivity contribution in [3.05, 3.63) is 48.6 Å². The molecule has 0 aromatic rings. The van der Waals surface area contributed by atoms with Gasteiger partial charge in [-0.1, -0.05) is 223 Å². The van der Waals surface area contributed by atoms with E-state index in [1.54, 1.807) is 0 Å². The average Bonchev–Trinajstić information content (AvgIpc) is 3.25. The zero-order valence-corrected chi connectivity index (χ0v) is 40.2. The Hall–Kier alpha value is -2.14. The Balaban J connectivity index is 4.20. The number of carbonyl (C=O) groups excluding carboxylic acids is 2. The topological polar surface area (TPSA) is 61.8 Å². The average molecular weight is 841 g/mol. The minimum Gasteiger partial charge on any atom is -0.462 e. The second-order valence-corrected chi connectivity index (χ2v) is 17.4. The molecule has 5 heteroatoms. The highest BCUT2D eigenvalue weighted by molar-refractivity contribution is 5.70. The van der Waals surface area contributed by atoms with Crippen LogP contribution < -0.4 is 0 Å². The summed E-state index contributed by atoms with van der Waals surface area (Å²) in [6.45, 7) is 7.72. The van der Waals surface area contributed by atoms with E-state index in [0.717, 1.165) is 70.6 Å². The third kappa shape index (κ3) is 48.5. The van der Waals surface area contributed by atoms with Gasteiger partial charge in [0.2, 0.25) is 0 Å². The predicted molar refractivity (Wildman–Crippen MR) is 261 cm³/mol. The minimum atomic E-state index is -0.542. The van der Waals surface area contributed by atoms with Crippen molar-refractivity contribution in [3.8, 4) is 0 Å². The molecule has 0 spiro atoms. The van der Waals surface area contributed by atoms with Crippen molar-refractivity contribution < 1.29 is 23.8 Å². The SMILES string of the molecule is CC/C=C\C/C=C\C/C=C\CCCCCCCC(=O)OC(COCCCCCCCCCCCC)COC(=O)CCCCCCCCCCC/C=C\CCCCCCCC. The highest BCUT2D eigenvalue weighted by Crippen LogP contribution is 2.15. The lowest BCUT2D eigenvalue weighted by molar-refractivity contribution is -0.163. The molecular weight excluding hydrogens is 741 g/mol. The van der Waals surface area contributed by atoms with Crippen molar-refractivity contribution in [1.29, 1.82) is 0 Å². The summed E-state index contributed by atoms with van der Waals surface area (Å²) in [7, 11) is 0. The number of carbonyl (C=O) groups is 2. The Morgan fingerprint density at radius 2 is 0.750 bits per heavy atom. The van der Waals surface area contributed by atoms with Gasteiger partial charge in [0.25, 0.3) is 0 Å². The van der Waals surface area contributed by atoms with E-state index in [0.29, 0.717) is 19.4 Å². The molecule has 0 heterocycles. The van der Waals surface area contributed by atoms with Gasteiger partial charge in [-0.2, -0.15) is 0 Å². The van der Waals surface area contributed by atoms with Crippen LogP contribution in [0.3, 0.4) is 0 Å². The molecule has 0 rings (SSSR count). The second kappa shape index (κ2) is 51.2. The lowest BCUT2D eigenvalue weighted by Gasteiger charge is -2.18. The van der Waals surface area contributed by atoms with Crippen LogP contribution in [-0.4, -0.2) is 37.9 Å². The highest BCUT2D eigenvalue weighted by atomic mass is 16.6. The van der Waals surface area contributed by atoms with Gasteiger partial charge in [-0.15, -0.1) is 0 Å². The van der Waals surface area contributed by atoms with Crippen LogP contribution >= 0.6 is 0 Å². The molecule has 1 atom stereocenters. The highest BCUT2D eigenvalue weighted by Gasteiger charge is 2.17. The number of rotatable bonds is 48. The minimum absolute atomic E-state index is 0.0801. The van der Waals surface area contributed by atoms with Gasteiger partial charge in [0.1, 0.15) is 6.61 Å². The van der Waals surface area contributed by atoms with Crippen molar-refractivity contribution in [2.24, 2.45) is 0 Å². The normalized spacial score (nSPS) is 12.5. The zero-order valence-electron chi connectivity index (χ0n) is 40.2. The van der Waals surface area contributed by atoms with Gasteiger partial charge in [0.15, 0.2) is 6.10 Å². The zero-order chi connectivity index (χ0) is 43.5. The van der Waals surface area contributed by atoms with Crippen molar-refractivity contribution in [1.82, 2.24) is 0 Å². The van der Waals surface area contributed by atoms with Gasteiger partial charge in [-0.05, 0) is 77.0 Å². The fourth-order valence-electron chi connectivity index (χ4n) is 7.46. The third-order valence-corrected chi connectivity index (χ3v) is 11.3. The third-order valence-electron chi connectivity index (χ3n) is 11.3. The first kappa shape index (κ1) is 57.9. The lowest BCUT2D eigenvalue weighted by Crippen LogP contribution is -2.30. The first-order valence-electron chi connectivity index (χ1n) is 26.2. The number of esters is 2. The molecule has 0 bridgehead atoms. The summed E-state index contributed by atoms with van der Waals surface area (Å²) in [5, 5.41) is 0. The maximum atomic E-state index is 12.8. The van der Waals surface area contributed by atoms with E-state index in [1.165, 1.54) is 161 Å². The smallest absolute Gasteiger partial charge is 0.306 e. The molecule has 0 fully saturated rings. The molecule has 0 aliphatic carbocycles. The first-order valence-corrected chi connectivity index (χ1v) is 26.2. The summed E-state index contributed by atoms with van der Waals surface area (Å²) in [4.78, 5) is 25.4. The quantitative estimate of drug-likeness (QED) is 0.0347. The summed E-state index contributed by atoms with van der Waals surface area (Å²) in [6.07, 6.45) is 62.6. The molecule has 0 aromatic carbocycles. The summed E-state index contributed by atoms with van der Waals surface area (Å²) in [5.41, 5.74) is 0. The Morgan fingerprint density at radius 1 is 0.383 bits per heavy atom. The number of unbranched alkanes of at least 4 members (excludes halogenated alkanes) is 29. The van der Waals surface area contributed by atoms with Gasteiger partial charge in [-0.25, -0.2) is 0 Å². The van der Waals surface area contributed by atoms with Crippen molar-refractivity contribution in [3.63, 3.8) is 0 Å². The molecule has 0 radical (unpaired) electrons. The summed E-state index contributed by atoms with van der Waals surface area (Å²) in [5.74, 6) is -0.409. The van der Waals surface area contributed by atoms with Crippen LogP contribution in [0.15, 0.2) is 48.6 Å². The van der Waals surface area contributed by atoms with Crippen molar-refractivity contribution >= 4 is 11.9 Å². The van der Waals surface area contributed by atoms with Crippen LogP contribution in [-0.2, 0) is 23.8 Å². The molecule has 0 aliphatic heterocycles. The van der Waals surface area contributed by atoms with Crippen molar-refractivity contribution in [2.45, 2.75) is 271 Å². The van der Waals surface area contributed by atoms with Gasteiger partial charge >= 0.3 is 11.9 Å². The molecule has 0 aromatic heterocycles. The van der Waals surface area contributed by atoms with E-state index in [2.05, 4.69) is 69.4 Å². The molecule has 0 amide bonds. The molecular formula is C55H100O5. The largest absolute Gasteiger partial charge is 0.462 e. The summed E-state index contributed by atoms with van der Waals surface area (Å²) >= 11 is 0. The Bertz CT molecular complexity index is 997. The first-order chi connectivity index (χ1) is 29.6. The standard InChI is InChI=1S/C55H100O5/c1-4-7-10-13-16-19-22-24-26-27-28-29-31-32-34-36-39-42-45-48-54(56)59-52-53(51-58-50-47-44-41-38-21-18-15-12-9-6-3)60-55(57)49-46-43-40-37-35-33-30-25-23-20-17-14-11-8-5-2/h8,11,17,20,24-26,30,53H,4-7,9-10,12-16,18-19,21-23,27-29,31-52H2,1-3H3/b11-8-,20-17-,26-24-,30-25-. The lowest BCUT2D eigenvalue weighted by atomic mass is 10.1. The fraction of sp³-hybridized carbons (Fsp3) is 0.818. The molecule has 0 saturated heterocycles. The van der Waals surface area contributed by atoms with Gasteiger partial charge in [-0.3, -0.25) is 9.59 Å². The second-order valence-electron chi connectivity index (χ2n) is 17.4. The molecule has 0 saturated carbocycles. The van der Waals surface area contributed by atoms with Crippen LogP contribution in [0.5, 0.6) is 0 Å². The maximum absolute atomic E-state index is 12.8. The van der Waals surface area contributed by atoms with Crippen LogP contribution in [0.2, 0.25) is 0 Å². The van der Waals surface area contributed by atoms with E-state index in [4.69, 9.17) is 14.2 Å². The molecule has 5 nitrogen and oxygen atoms in total. The molecule has 0 aliphatic rings. The summed E-state index contributed by atoms with van der Waals surface area (Å²) in [6, 6.07) is 0. The van der Waals surface area contributed by atoms with Crippen LogP contribution in [0.4, 0.5) is 0 Å². The van der Waals surface area contributed by atoms with Gasteiger partial charge in [0, 0.05) is 19.4 Å². The Kier molecular flexibility index (Phi) is 49.4. The van der Waals surface area contributed by atoms with Gasteiger partial charge < -0.3 is 14.2 Å². The molecule has 0 N–H and O–H groups in total. The molecule has 1 unspecified atom stereocenters.